The summed E-state index contributed by atoms with van der Waals surface area (Å²) in [5, 5.41) is 6.19. The molecule has 1 N–H and O–H groups in total. The second-order valence-corrected chi connectivity index (χ2v) is 6.41. The minimum atomic E-state index is -0.498. The molecule has 0 atom stereocenters. The van der Waals surface area contributed by atoms with E-state index in [4.69, 9.17) is 4.52 Å². The van der Waals surface area contributed by atoms with Gasteiger partial charge in [0.05, 0.1) is 12.1 Å². The Hall–Kier alpha value is -3.81. The van der Waals surface area contributed by atoms with Gasteiger partial charge in [0.25, 0.3) is 5.91 Å². The summed E-state index contributed by atoms with van der Waals surface area (Å²) in [5.41, 5.74) is 0.575. The van der Waals surface area contributed by atoms with E-state index in [9.17, 15) is 18.8 Å². The second-order valence-electron chi connectivity index (χ2n) is 6.41. The number of amides is 2. The number of aromatic nitrogens is 1. The Morgan fingerprint density at radius 2 is 1.72 bits per heavy atom. The lowest BCUT2D eigenvalue weighted by molar-refractivity contribution is -0.116. The minimum Gasteiger partial charge on any atom is -0.360 e. The molecule has 0 fully saturated rings. The number of hydrogen-bond acceptors (Lipinski definition) is 5. The van der Waals surface area contributed by atoms with Crippen LogP contribution in [0.25, 0.3) is 0 Å². The molecule has 0 aliphatic heterocycles. The first kappa shape index (κ1) is 19.9. The Bertz CT molecular complexity index is 1060. The number of carbonyl (C=O) groups is 3. The van der Waals surface area contributed by atoms with Crippen molar-refractivity contribution in [1.29, 1.82) is 0 Å². The van der Waals surface area contributed by atoms with Gasteiger partial charge in [-0.3, -0.25) is 14.4 Å². The van der Waals surface area contributed by atoms with Crippen LogP contribution in [0.4, 0.5) is 10.2 Å². The monoisotopic (exact) mass is 395 g/mol. The van der Waals surface area contributed by atoms with Crippen molar-refractivity contribution in [3.63, 3.8) is 0 Å². The van der Waals surface area contributed by atoms with Crippen molar-refractivity contribution in [2.75, 3.05) is 18.9 Å². The van der Waals surface area contributed by atoms with E-state index in [-0.39, 0.29) is 29.1 Å². The van der Waals surface area contributed by atoms with Crippen LogP contribution in [0.3, 0.4) is 0 Å². The van der Waals surface area contributed by atoms with Gasteiger partial charge in [0.2, 0.25) is 5.91 Å². The van der Waals surface area contributed by atoms with Crippen LogP contribution in [-0.2, 0) is 4.79 Å². The molecule has 0 unspecified atom stereocenters. The zero-order valence-corrected chi connectivity index (χ0v) is 15.8. The molecule has 3 aromatic rings. The number of halogens is 1. The summed E-state index contributed by atoms with van der Waals surface area (Å²) in [4.78, 5) is 39.0. The third-order valence-electron chi connectivity index (χ3n) is 4.13. The number of benzene rings is 2. The molecule has 0 saturated heterocycles. The highest BCUT2D eigenvalue weighted by Crippen LogP contribution is 2.17. The van der Waals surface area contributed by atoms with Gasteiger partial charge in [-0.15, -0.1) is 0 Å². The van der Waals surface area contributed by atoms with E-state index in [1.54, 1.807) is 25.1 Å². The molecule has 2 aromatic carbocycles. The number of carbonyl (C=O) groups excluding carboxylic acids is 3. The largest absolute Gasteiger partial charge is 0.360 e. The summed E-state index contributed by atoms with van der Waals surface area (Å²) in [6.45, 7) is 1.44. The predicted molar refractivity (Wildman–Crippen MR) is 103 cm³/mol. The molecule has 2 amide bonds. The van der Waals surface area contributed by atoms with E-state index in [2.05, 4.69) is 10.5 Å². The van der Waals surface area contributed by atoms with Crippen LogP contribution in [0.15, 0.2) is 59.1 Å². The Balaban J connectivity index is 1.75. The summed E-state index contributed by atoms with van der Waals surface area (Å²) in [7, 11) is 1.45. The van der Waals surface area contributed by atoms with Crippen molar-refractivity contribution >= 4 is 23.4 Å². The molecule has 3 rings (SSSR count). The molecule has 29 heavy (non-hydrogen) atoms. The highest BCUT2D eigenvalue weighted by molar-refractivity contribution is 6.15. The van der Waals surface area contributed by atoms with Gasteiger partial charge in [-0.05, 0) is 37.3 Å². The third-order valence-corrected chi connectivity index (χ3v) is 4.13. The van der Waals surface area contributed by atoms with Gasteiger partial charge in [0.15, 0.2) is 11.6 Å². The number of nitrogens with zero attached hydrogens (tertiary/aromatic N) is 2. The summed E-state index contributed by atoms with van der Waals surface area (Å²) in [6.07, 6.45) is 0. The normalized spacial score (nSPS) is 10.4. The predicted octanol–water partition coefficient (Wildman–Crippen LogP) is 3.06. The Morgan fingerprint density at radius 3 is 2.34 bits per heavy atom. The highest BCUT2D eigenvalue weighted by atomic mass is 19.1. The molecule has 0 spiro atoms. The van der Waals surface area contributed by atoms with Crippen LogP contribution < -0.4 is 5.32 Å². The van der Waals surface area contributed by atoms with E-state index in [1.807, 2.05) is 0 Å². The highest BCUT2D eigenvalue weighted by Gasteiger charge is 2.22. The second kappa shape index (κ2) is 8.47. The first-order valence-electron chi connectivity index (χ1n) is 8.73. The van der Waals surface area contributed by atoms with Crippen molar-refractivity contribution in [3.05, 3.63) is 82.9 Å². The van der Waals surface area contributed by atoms with Crippen LogP contribution in [0.2, 0.25) is 0 Å². The summed E-state index contributed by atoms with van der Waals surface area (Å²) in [6, 6.07) is 12.9. The van der Waals surface area contributed by atoms with Crippen LogP contribution in [-0.4, -0.2) is 41.2 Å². The van der Waals surface area contributed by atoms with Gasteiger partial charge >= 0.3 is 0 Å². The van der Waals surface area contributed by atoms with E-state index < -0.39 is 23.4 Å². The Morgan fingerprint density at radius 1 is 1.07 bits per heavy atom. The molecule has 1 heterocycles. The van der Waals surface area contributed by atoms with Crippen molar-refractivity contribution in [3.8, 4) is 0 Å². The van der Waals surface area contributed by atoms with Crippen molar-refractivity contribution < 1.29 is 23.3 Å². The molecule has 8 heteroatoms. The molecule has 1 aromatic heterocycles. The van der Waals surface area contributed by atoms with E-state index in [0.717, 1.165) is 0 Å². The average Bonchev–Trinajstić information content (AvgIpc) is 3.11. The van der Waals surface area contributed by atoms with Crippen molar-refractivity contribution in [2.45, 2.75) is 6.92 Å². The zero-order valence-electron chi connectivity index (χ0n) is 15.8. The molecule has 0 saturated carbocycles. The average molecular weight is 395 g/mol. The first-order chi connectivity index (χ1) is 13.8. The maximum atomic E-state index is 13.1. The molecule has 0 bridgehead atoms. The SMILES string of the molecule is Cc1cc(NC(=O)CN(C)C(=O)c2ccccc2C(=O)c2ccc(F)cc2)no1. The van der Waals surface area contributed by atoms with Gasteiger partial charge in [-0.2, -0.15) is 0 Å². The smallest absolute Gasteiger partial charge is 0.254 e. The maximum Gasteiger partial charge on any atom is 0.254 e. The summed E-state index contributed by atoms with van der Waals surface area (Å²) < 4.78 is 18.0. The number of rotatable bonds is 6. The number of likely N-dealkylation sites (N-methyl/N-ethyl adjacent to an activating group) is 1. The molecule has 0 aliphatic carbocycles. The molecular formula is C21H18FN3O4. The third kappa shape index (κ3) is 4.73. The summed E-state index contributed by atoms with van der Waals surface area (Å²) in [5.74, 6) is -1.04. The van der Waals surface area contributed by atoms with Crippen LogP contribution >= 0.6 is 0 Å². The molecule has 7 nitrogen and oxygen atoms in total. The minimum absolute atomic E-state index is 0.148. The van der Waals surface area contributed by atoms with Gasteiger partial charge in [0, 0.05) is 24.2 Å². The van der Waals surface area contributed by atoms with Gasteiger partial charge in [-0.25, -0.2) is 4.39 Å². The fourth-order valence-electron chi connectivity index (χ4n) is 2.72. The number of hydrogen-bond donors (Lipinski definition) is 1. The standard InChI is InChI=1S/C21H18FN3O4/c1-13-11-18(24-29-13)23-19(26)12-25(2)21(28)17-6-4-3-5-16(17)20(27)14-7-9-15(22)10-8-14/h3-11H,12H2,1-2H3,(H,23,24,26). The fourth-order valence-corrected chi connectivity index (χ4v) is 2.72. The topological polar surface area (TPSA) is 92.5 Å². The van der Waals surface area contributed by atoms with E-state index in [1.165, 1.54) is 48.3 Å². The lowest BCUT2D eigenvalue weighted by Crippen LogP contribution is -2.35. The maximum absolute atomic E-state index is 13.1. The quantitative estimate of drug-likeness (QED) is 0.648. The van der Waals surface area contributed by atoms with Crippen LogP contribution in [0.5, 0.6) is 0 Å². The molecule has 0 aliphatic rings. The number of anilines is 1. The molecule has 0 radical (unpaired) electrons. The first-order valence-corrected chi connectivity index (χ1v) is 8.73. The van der Waals surface area contributed by atoms with Gasteiger partial charge in [-0.1, -0.05) is 23.4 Å². The Labute approximate surface area is 166 Å². The molecule has 148 valence electrons. The number of ketones is 1. The Kier molecular flexibility index (Phi) is 5.82. The number of nitrogens with one attached hydrogen (secondary N) is 1. The summed E-state index contributed by atoms with van der Waals surface area (Å²) >= 11 is 0. The number of aryl methyl sites for hydroxylation is 1. The molecular weight excluding hydrogens is 377 g/mol. The van der Waals surface area contributed by atoms with Crippen molar-refractivity contribution in [1.82, 2.24) is 10.1 Å². The van der Waals surface area contributed by atoms with Crippen LogP contribution in [0.1, 0.15) is 32.0 Å². The lowest BCUT2D eigenvalue weighted by atomic mass is 9.97. The van der Waals surface area contributed by atoms with E-state index in [0.29, 0.717) is 5.76 Å². The zero-order chi connectivity index (χ0) is 21.0. The van der Waals surface area contributed by atoms with Crippen molar-refractivity contribution in [2.24, 2.45) is 0 Å². The van der Waals surface area contributed by atoms with Crippen LogP contribution in [0, 0.1) is 12.7 Å². The van der Waals surface area contributed by atoms with E-state index >= 15 is 0 Å². The lowest BCUT2D eigenvalue weighted by Gasteiger charge is -2.18. The van der Waals surface area contributed by atoms with Gasteiger partial charge < -0.3 is 14.7 Å². The van der Waals surface area contributed by atoms with Gasteiger partial charge in [0.1, 0.15) is 11.6 Å². The fraction of sp³-hybridized carbons (Fsp3) is 0.143.